The van der Waals surface area contributed by atoms with Crippen LogP contribution in [0.3, 0.4) is 0 Å². The minimum absolute atomic E-state index is 0.0279. The lowest BCUT2D eigenvalue weighted by Gasteiger charge is -2.14. The van der Waals surface area contributed by atoms with Gasteiger partial charge in [0.05, 0.1) is 11.9 Å². The average Bonchev–Trinajstić information content (AvgIpc) is 3.68. The number of nitrogens with zero attached hydrogens (tertiary/aromatic N) is 3. The number of primary amides is 1. The highest BCUT2D eigenvalue weighted by molar-refractivity contribution is 7.21. The van der Waals surface area contributed by atoms with Crippen molar-refractivity contribution in [2.75, 3.05) is 5.32 Å². The lowest BCUT2D eigenvalue weighted by molar-refractivity contribution is 0.0992. The largest absolute Gasteiger partial charge is 0.485 e. The molecule has 43 heavy (non-hydrogen) atoms. The Balaban J connectivity index is 1.50. The van der Waals surface area contributed by atoms with Crippen LogP contribution in [0.5, 0.6) is 5.75 Å². The summed E-state index contributed by atoms with van der Waals surface area (Å²) in [5.74, 6) is -0.121. The summed E-state index contributed by atoms with van der Waals surface area (Å²) < 4.78 is 41.2. The second-order valence-corrected chi connectivity index (χ2v) is 11.4. The van der Waals surface area contributed by atoms with E-state index in [0.29, 0.717) is 28.8 Å². The van der Waals surface area contributed by atoms with Crippen molar-refractivity contribution in [3.8, 4) is 16.9 Å². The Bertz CT molecular complexity index is 1840. The van der Waals surface area contributed by atoms with Gasteiger partial charge in [0.2, 0.25) is 0 Å². The Kier molecular flexibility index (Phi) is 8.32. The lowest BCUT2D eigenvalue weighted by atomic mass is 10.0. The average molecular weight is 608 g/mol. The van der Waals surface area contributed by atoms with Crippen molar-refractivity contribution in [3.05, 3.63) is 81.5 Å². The molecular formula is C31H31F2N5O4S. The van der Waals surface area contributed by atoms with Gasteiger partial charge in [-0.25, -0.2) is 13.8 Å². The van der Waals surface area contributed by atoms with E-state index >= 15 is 0 Å². The first kappa shape index (κ1) is 29.9. The molecule has 0 radical (unpaired) electrons. The first-order valence-electron chi connectivity index (χ1n) is 13.7. The molecular weight excluding hydrogens is 576 g/mol. The number of aryl methyl sites for hydroxylation is 2. The highest BCUT2D eigenvalue weighted by Crippen LogP contribution is 2.43. The van der Waals surface area contributed by atoms with E-state index in [1.807, 2.05) is 39.0 Å². The quantitative estimate of drug-likeness (QED) is 0.171. The summed E-state index contributed by atoms with van der Waals surface area (Å²) in [7, 11) is 0. The Labute approximate surface area is 250 Å². The van der Waals surface area contributed by atoms with Crippen molar-refractivity contribution in [2.45, 2.75) is 60.1 Å². The maximum absolute atomic E-state index is 13.9. The van der Waals surface area contributed by atoms with E-state index in [2.05, 4.69) is 29.2 Å². The molecule has 0 bridgehead atoms. The molecule has 0 aliphatic rings. The van der Waals surface area contributed by atoms with E-state index in [-0.39, 0.29) is 33.7 Å². The van der Waals surface area contributed by atoms with Crippen LogP contribution in [0.2, 0.25) is 0 Å². The van der Waals surface area contributed by atoms with Gasteiger partial charge < -0.3 is 20.2 Å². The van der Waals surface area contributed by atoms with Crippen LogP contribution < -0.4 is 15.8 Å². The molecule has 0 saturated carbocycles. The molecule has 0 atom stereocenters. The molecule has 9 nitrogen and oxygen atoms in total. The third-order valence-electron chi connectivity index (χ3n) is 7.11. The minimum atomic E-state index is -2.86. The van der Waals surface area contributed by atoms with Crippen LogP contribution in [0, 0.1) is 13.8 Å². The number of carbonyl (C=O) groups is 2. The number of ether oxygens (including phenoxy) is 1. The highest BCUT2D eigenvalue weighted by atomic mass is 32.1. The molecule has 3 N–H and O–H groups in total. The van der Waals surface area contributed by atoms with Gasteiger partial charge in [0.15, 0.2) is 5.76 Å². The van der Waals surface area contributed by atoms with Gasteiger partial charge in [0.1, 0.15) is 33.5 Å². The fourth-order valence-electron chi connectivity index (χ4n) is 4.91. The Hall–Kier alpha value is -4.58. The maximum Gasteiger partial charge on any atom is 0.291 e. The van der Waals surface area contributed by atoms with Crippen LogP contribution in [-0.4, -0.2) is 26.6 Å². The molecule has 4 aromatic heterocycles. The molecule has 0 saturated heterocycles. The van der Waals surface area contributed by atoms with Crippen LogP contribution in [0.1, 0.15) is 81.6 Å². The number of pyridine rings is 1. The molecule has 0 aliphatic carbocycles. The molecule has 12 heteroatoms. The van der Waals surface area contributed by atoms with Gasteiger partial charge in [-0.1, -0.05) is 26.0 Å². The van der Waals surface area contributed by atoms with Gasteiger partial charge in [-0.3, -0.25) is 14.3 Å². The van der Waals surface area contributed by atoms with Crippen molar-refractivity contribution < 1.29 is 27.5 Å². The number of rotatable bonds is 10. The van der Waals surface area contributed by atoms with E-state index in [4.69, 9.17) is 14.9 Å². The monoisotopic (exact) mass is 607 g/mol. The lowest BCUT2D eigenvalue weighted by Crippen LogP contribution is -2.16. The number of alkyl halides is 2. The Morgan fingerprint density at radius 2 is 1.91 bits per heavy atom. The normalized spacial score (nSPS) is 11.6. The number of benzene rings is 1. The first-order chi connectivity index (χ1) is 20.5. The number of nitrogens with two attached hydrogens (primary N) is 1. The zero-order valence-electron chi connectivity index (χ0n) is 24.3. The topological polar surface area (TPSA) is 125 Å². The maximum atomic E-state index is 13.9. The second kappa shape index (κ2) is 12.0. The van der Waals surface area contributed by atoms with E-state index in [0.717, 1.165) is 33.9 Å². The zero-order valence-corrected chi connectivity index (χ0v) is 25.1. The summed E-state index contributed by atoms with van der Waals surface area (Å²) in [5.41, 5.74) is 9.02. The number of hydrogen-bond acceptors (Lipinski definition) is 7. The molecule has 5 aromatic rings. The molecule has 5 rings (SSSR count). The molecule has 1 aromatic carbocycles. The van der Waals surface area contributed by atoms with Crippen molar-refractivity contribution in [3.63, 3.8) is 0 Å². The summed E-state index contributed by atoms with van der Waals surface area (Å²) in [4.78, 5) is 30.1. The molecule has 4 heterocycles. The van der Waals surface area contributed by atoms with E-state index in [1.165, 1.54) is 12.1 Å². The fraction of sp³-hybridized carbons (Fsp3) is 0.290. The van der Waals surface area contributed by atoms with E-state index in [9.17, 15) is 18.4 Å². The number of thiophene rings is 1. The van der Waals surface area contributed by atoms with Crippen LogP contribution in [0.25, 0.3) is 21.3 Å². The van der Waals surface area contributed by atoms with Crippen LogP contribution in [0.4, 0.5) is 14.5 Å². The predicted octanol–water partition coefficient (Wildman–Crippen LogP) is 7.38. The fourth-order valence-corrected chi connectivity index (χ4v) is 5.92. The summed E-state index contributed by atoms with van der Waals surface area (Å²) in [6, 6.07) is 10.4. The predicted molar refractivity (Wildman–Crippen MR) is 161 cm³/mol. The number of carbonyl (C=O) groups excluding carboxylic acids is 2. The number of furan rings is 1. The highest BCUT2D eigenvalue weighted by Gasteiger charge is 2.27. The van der Waals surface area contributed by atoms with Crippen molar-refractivity contribution >= 4 is 39.1 Å². The first-order valence-corrected chi connectivity index (χ1v) is 14.5. The summed E-state index contributed by atoms with van der Waals surface area (Å²) in [6.45, 7) is 10.5. The van der Waals surface area contributed by atoms with Gasteiger partial charge in [-0.15, -0.1) is 11.3 Å². The summed E-state index contributed by atoms with van der Waals surface area (Å²) in [6.07, 6.45) is -1.30. The van der Waals surface area contributed by atoms with Crippen molar-refractivity contribution in [1.29, 1.82) is 0 Å². The second-order valence-electron chi connectivity index (χ2n) is 10.4. The molecule has 224 valence electrons. The van der Waals surface area contributed by atoms with Crippen LogP contribution >= 0.6 is 11.3 Å². The molecule has 0 spiro atoms. The molecule has 0 unspecified atom stereocenters. The van der Waals surface area contributed by atoms with Gasteiger partial charge in [-0.05, 0) is 67.6 Å². The minimum Gasteiger partial charge on any atom is -0.485 e. The van der Waals surface area contributed by atoms with Gasteiger partial charge in [-0.2, -0.15) is 5.10 Å². The van der Waals surface area contributed by atoms with E-state index in [1.54, 1.807) is 16.9 Å². The number of nitrogens with one attached hydrogen (secondary N) is 1. The Morgan fingerprint density at radius 1 is 1.14 bits per heavy atom. The van der Waals surface area contributed by atoms with Gasteiger partial charge in [0.25, 0.3) is 18.2 Å². The number of halogens is 2. The SMILES string of the molecule is CCn1ncc(-c2cc(C(F)F)nc3sc(C(N)=O)c(NC(=O)c4ccc(COc5cc(C)ccc5C(C)C)o4)c23)c1C. The summed E-state index contributed by atoms with van der Waals surface area (Å²) in [5, 5.41) is 7.38. The standard InChI is InChI=1S/C31H31F2N5O4S/c1-6-38-17(5)21(13-35-38)20-12-22(28(32)33)36-31-25(20)26(27(43-31)29(34)39)37-30(40)23-10-8-18(42-23)14-41-24-11-16(4)7-9-19(24)15(2)3/h7-13,15,28H,6,14H2,1-5H3,(H2,34,39)(H,37,40). The third kappa shape index (κ3) is 5.87. The number of anilines is 1. The summed E-state index contributed by atoms with van der Waals surface area (Å²) >= 11 is 0.832. The van der Waals surface area contributed by atoms with Crippen LogP contribution in [-0.2, 0) is 13.2 Å². The number of hydrogen-bond donors (Lipinski definition) is 2. The molecule has 2 amide bonds. The van der Waals surface area contributed by atoms with Gasteiger partial charge >= 0.3 is 0 Å². The van der Waals surface area contributed by atoms with Crippen molar-refractivity contribution in [1.82, 2.24) is 14.8 Å². The zero-order chi connectivity index (χ0) is 31.0. The van der Waals surface area contributed by atoms with E-state index < -0.39 is 23.9 Å². The molecule has 0 fully saturated rings. The number of fused-ring (bicyclic) bond motifs is 1. The number of aromatic nitrogens is 3. The van der Waals surface area contributed by atoms with Crippen molar-refractivity contribution in [2.24, 2.45) is 5.73 Å². The van der Waals surface area contributed by atoms with Gasteiger partial charge in [0, 0.05) is 23.2 Å². The third-order valence-corrected chi connectivity index (χ3v) is 8.21. The Morgan fingerprint density at radius 3 is 2.56 bits per heavy atom. The molecule has 0 aliphatic heterocycles. The smallest absolute Gasteiger partial charge is 0.291 e. The number of amides is 2. The van der Waals surface area contributed by atoms with Crippen LogP contribution in [0.15, 0.2) is 47.0 Å².